The van der Waals surface area contributed by atoms with E-state index in [4.69, 9.17) is 4.74 Å². The minimum Gasteiger partial charge on any atom is -0.454 e. The van der Waals surface area contributed by atoms with E-state index < -0.39 is 26.9 Å². The lowest BCUT2D eigenvalue weighted by Crippen LogP contribution is -2.44. The van der Waals surface area contributed by atoms with E-state index in [-0.39, 0.29) is 11.3 Å². The van der Waals surface area contributed by atoms with E-state index in [1.54, 1.807) is 48.5 Å². The highest BCUT2D eigenvalue weighted by molar-refractivity contribution is 7.93. The zero-order valence-electron chi connectivity index (χ0n) is 13.6. The molecule has 2 atom stereocenters. The van der Waals surface area contributed by atoms with Gasteiger partial charge in [0.05, 0.1) is 4.90 Å². The fourth-order valence-electron chi connectivity index (χ4n) is 2.92. The molecule has 3 rings (SSSR count). The second-order valence-corrected chi connectivity index (χ2v) is 8.00. The lowest BCUT2D eigenvalue weighted by molar-refractivity contribution is -0.147. The number of carbonyl (C=O) groups is 1. The second kappa shape index (κ2) is 6.44. The molecule has 2 aromatic rings. The van der Waals surface area contributed by atoms with Crippen molar-refractivity contribution in [1.82, 2.24) is 0 Å². The Balaban J connectivity index is 2.02. The van der Waals surface area contributed by atoms with E-state index >= 15 is 4.39 Å². The van der Waals surface area contributed by atoms with Crippen LogP contribution < -0.4 is 0 Å². The average molecular weight is 360 g/mol. The number of carbonyl (C=O) groups excluding carboxylic acids is 1. The van der Waals surface area contributed by atoms with Gasteiger partial charge >= 0.3 is 5.97 Å². The van der Waals surface area contributed by atoms with Gasteiger partial charge in [-0.3, -0.25) is 4.79 Å². The van der Waals surface area contributed by atoms with Crippen LogP contribution in [0.25, 0.3) is 6.08 Å². The number of benzene rings is 2. The first-order valence-electron chi connectivity index (χ1n) is 7.76. The van der Waals surface area contributed by atoms with Crippen LogP contribution in [0.1, 0.15) is 18.1 Å². The van der Waals surface area contributed by atoms with E-state index in [1.165, 1.54) is 12.1 Å². The van der Waals surface area contributed by atoms with Gasteiger partial charge < -0.3 is 4.74 Å². The van der Waals surface area contributed by atoms with Crippen molar-refractivity contribution in [1.29, 1.82) is 0 Å². The third kappa shape index (κ3) is 3.09. The van der Waals surface area contributed by atoms with Crippen LogP contribution >= 0.6 is 0 Å². The van der Waals surface area contributed by atoms with Crippen LogP contribution in [0, 0.1) is 0 Å². The third-order valence-corrected chi connectivity index (χ3v) is 6.37. The van der Waals surface area contributed by atoms with Gasteiger partial charge in [0.25, 0.3) is 5.00 Å². The van der Waals surface area contributed by atoms with Gasteiger partial charge in [-0.05, 0) is 23.3 Å². The zero-order chi connectivity index (χ0) is 18.1. The fourth-order valence-corrected chi connectivity index (χ4v) is 4.80. The first kappa shape index (κ1) is 17.4. The summed E-state index contributed by atoms with van der Waals surface area (Å²) in [5.41, 5.74) is 1.13. The first-order chi connectivity index (χ1) is 11.8. The number of sulfone groups is 1. The van der Waals surface area contributed by atoms with Crippen molar-refractivity contribution in [3.63, 3.8) is 0 Å². The summed E-state index contributed by atoms with van der Waals surface area (Å²) in [4.78, 5) is 11.4. The number of alkyl halides is 1. The summed E-state index contributed by atoms with van der Waals surface area (Å²) in [6.07, 6.45) is 0.943. The number of rotatable bonds is 4. The molecule has 1 unspecified atom stereocenters. The molecule has 4 nitrogen and oxygen atoms in total. The van der Waals surface area contributed by atoms with Gasteiger partial charge in [0.15, 0.2) is 6.10 Å². The molecule has 25 heavy (non-hydrogen) atoms. The molecule has 0 aliphatic carbocycles. The lowest BCUT2D eigenvalue weighted by Gasteiger charge is -2.26. The third-order valence-electron chi connectivity index (χ3n) is 4.12. The summed E-state index contributed by atoms with van der Waals surface area (Å²) in [6, 6.07) is 15.1. The molecule has 0 amide bonds. The second-order valence-electron chi connectivity index (χ2n) is 5.87. The highest BCUT2D eigenvalue weighted by Crippen LogP contribution is 2.44. The van der Waals surface area contributed by atoms with Crippen LogP contribution in [0.2, 0.25) is 0 Å². The SMILES string of the molecule is CC(=O)O[C@@H](/C=C/c1ccccc1)C1(F)Cc2ccccc2S1(=O)=O. The molecule has 2 aromatic carbocycles. The lowest BCUT2D eigenvalue weighted by atomic mass is 10.0. The van der Waals surface area contributed by atoms with Crippen LogP contribution in [0.15, 0.2) is 65.6 Å². The average Bonchev–Trinajstić information content (AvgIpc) is 2.79. The maximum atomic E-state index is 15.7. The number of ether oxygens (including phenoxy) is 1. The Morgan fingerprint density at radius 2 is 1.80 bits per heavy atom. The van der Waals surface area contributed by atoms with Gasteiger partial charge in [-0.1, -0.05) is 54.6 Å². The maximum absolute atomic E-state index is 15.7. The number of hydrogen-bond donors (Lipinski definition) is 0. The highest BCUT2D eigenvalue weighted by atomic mass is 32.2. The summed E-state index contributed by atoms with van der Waals surface area (Å²) in [7, 11) is -4.29. The number of hydrogen-bond acceptors (Lipinski definition) is 4. The van der Waals surface area contributed by atoms with E-state index in [2.05, 4.69) is 0 Å². The summed E-state index contributed by atoms with van der Waals surface area (Å²) in [5.74, 6) is -0.745. The number of halogens is 1. The minimum absolute atomic E-state index is 0.0530. The van der Waals surface area contributed by atoms with Crippen molar-refractivity contribution >= 4 is 21.9 Å². The number of esters is 1. The van der Waals surface area contributed by atoms with Crippen LogP contribution in [0.5, 0.6) is 0 Å². The molecule has 1 aliphatic rings. The summed E-state index contributed by atoms with van der Waals surface area (Å²) < 4.78 is 46.2. The molecule has 0 saturated carbocycles. The molecule has 0 aromatic heterocycles. The molecule has 0 saturated heterocycles. The highest BCUT2D eigenvalue weighted by Gasteiger charge is 2.58. The van der Waals surface area contributed by atoms with Gasteiger partial charge in [0, 0.05) is 13.3 Å². The topological polar surface area (TPSA) is 60.4 Å². The van der Waals surface area contributed by atoms with Gasteiger partial charge in [-0.25, -0.2) is 12.8 Å². The molecule has 6 heteroatoms. The monoisotopic (exact) mass is 360 g/mol. The molecular formula is C19H17FO4S. The van der Waals surface area contributed by atoms with Crippen molar-refractivity contribution in [2.75, 3.05) is 0 Å². The van der Waals surface area contributed by atoms with Crippen molar-refractivity contribution in [3.05, 3.63) is 71.8 Å². The first-order valence-corrected chi connectivity index (χ1v) is 9.25. The predicted molar refractivity (Wildman–Crippen MR) is 92.2 cm³/mol. The normalized spacial score (nSPS) is 22.5. The van der Waals surface area contributed by atoms with Crippen molar-refractivity contribution in [2.24, 2.45) is 0 Å². The molecule has 0 radical (unpaired) electrons. The Hall–Kier alpha value is -2.47. The van der Waals surface area contributed by atoms with Gasteiger partial charge in [-0.2, -0.15) is 0 Å². The predicted octanol–water partition coefficient (Wildman–Crippen LogP) is 3.33. The summed E-state index contributed by atoms with van der Waals surface area (Å²) in [5, 5.41) is -2.73. The molecule has 130 valence electrons. The smallest absolute Gasteiger partial charge is 0.303 e. The van der Waals surface area contributed by atoms with Crippen molar-refractivity contribution < 1.29 is 22.3 Å². The Morgan fingerprint density at radius 1 is 1.16 bits per heavy atom. The Bertz CT molecular complexity index is 921. The van der Waals surface area contributed by atoms with Crippen LogP contribution in [-0.2, 0) is 25.8 Å². The molecule has 0 spiro atoms. The summed E-state index contributed by atoms with van der Waals surface area (Å²) >= 11 is 0. The molecule has 0 fully saturated rings. The quantitative estimate of drug-likeness (QED) is 0.785. The van der Waals surface area contributed by atoms with E-state index in [9.17, 15) is 13.2 Å². The van der Waals surface area contributed by atoms with Gasteiger partial charge in [0.1, 0.15) is 0 Å². The largest absolute Gasteiger partial charge is 0.454 e. The minimum atomic E-state index is -4.29. The van der Waals surface area contributed by atoms with Crippen molar-refractivity contribution in [3.8, 4) is 0 Å². The molecular weight excluding hydrogens is 343 g/mol. The zero-order valence-corrected chi connectivity index (χ0v) is 14.4. The number of fused-ring (bicyclic) bond motifs is 1. The molecule has 1 heterocycles. The van der Waals surface area contributed by atoms with Gasteiger partial charge in [-0.15, -0.1) is 0 Å². The van der Waals surface area contributed by atoms with E-state index in [1.807, 2.05) is 6.07 Å². The fraction of sp³-hybridized carbons (Fsp3) is 0.211. The van der Waals surface area contributed by atoms with E-state index in [0.717, 1.165) is 12.5 Å². The van der Waals surface area contributed by atoms with Crippen LogP contribution in [0.4, 0.5) is 4.39 Å². The van der Waals surface area contributed by atoms with Crippen LogP contribution in [-0.4, -0.2) is 25.5 Å². The van der Waals surface area contributed by atoms with Gasteiger partial charge in [0.2, 0.25) is 9.84 Å². The molecule has 0 N–H and O–H groups in total. The van der Waals surface area contributed by atoms with Crippen LogP contribution in [0.3, 0.4) is 0 Å². The Labute approximate surface area is 145 Å². The van der Waals surface area contributed by atoms with Crippen molar-refractivity contribution in [2.45, 2.75) is 29.3 Å². The Kier molecular flexibility index (Phi) is 4.47. The Morgan fingerprint density at radius 3 is 2.44 bits per heavy atom. The molecule has 0 bridgehead atoms. The summed E-state index contributed by atoms with van der Waals surface area (Å²) in [6.45, 7) is 1.13. The molecule has 1 aliphatic heterocycles. The van der Waals surface area contributed by atoms with E-state index in [0.29, 0.717) is 5.56 Å². The standard InChI is InChI=1S/C19H17FO4S/c1-14(21)24-18(12-11-15-7-3-2-4-8-15)19(20)13-16-9-5-6-10-17(16)25(19,22)23/h2-12,18H,13H2,1H3/b12-11+/t18-,19?/m0/s1. The maximum Gasteiger partial charge on any atom is 0.303 e.